The number of nitrogens with zero attached hydrogens (tertiary/aromatic N) is 2. The monoisotopic (exact) mass is 424 g/mol. The molecule has 1 heterocycles. The number of carbonyl (C=O) groups is 2. The third kappa shape index (κ3) is 5.36. The molecule has 0 unspecified atom stereocenters. The van der Waals surface area contributed by atoms with Gasteiger partial charge in [-0.25, -0.2) is 0 Å². The first-order valence-electron chi connectivity index (χ1n) is 10.2. The first-order valence-corrected chi connectivity index (χ1v) is 10.6. The topological polar surface area (TPSA) is 64.7 Å². The van der Waals surface area contributed by atoms with Crippen molar-refractivity contribution in [1.29, 1.82) is 0 Å². The van der Waals surface area contributed by atoms with Crippen LogP contribution in [0.3, 0.4) is 0 Å². The lowest BCUT2D eigenvalue weighted by molar-refractivity contribution is -0.134. The zero-order valence-corrected chi connectivity index (χ0v) is 18.5. The standard InChI is InChI=1S/C23H28N4O2S/c1-16(2)22(29)27-14-12-26(13-15-27)19-10-8-18(9-11-19)24-23(30)25-21(28)20-7-5-4-6-17(20)3/h4-11,16H,12-15H2,1-3H3,(H2,24,25,28,30). The van der Waals surface area contributed by atoms with Crippen LogP contribution >= 0.6 is 12.2 Å². The van der Waals surface area contributed by atoms with Crippen molar-refractivity contribution in [2.75, 3.05) is 36.4 Å². The van der Waals surface area contributed by atoms with E-state index in [-0.39, 0.29) is 22.8 Å². The maximum Gasteiger partial charge on any atom is 0.257 e. The van der Waals surface area contributed by atoms with Crippen LogP contribution < -0.4 is 15.5 Å². The first kappa shape index (κ1) is 21.8. The molecular weight excluding hydrogens is 396 g/mol. The highest BCUT2D eigenvalue weighted by atomic mass is 32.1. The number of carbonyl (C=O) groups excluding carboxylic acids is 2. The smallest absolute Gasteiger partial charge is 0.257 e. The molecule has 0 spiro atoms. The Hall–Kier alpha value is -2.93. The Kier molecular flexibility index (Phi) is 7.05. The fourth-order valence-corrected chi connectivity index (χ4v) is 3.68. The Morgan fingerprint density at radius 1 is 0.967 bits per heavy atom. The zero-order valence-electron chi connectivity index (χ0n) is 17.6. The summed E-state index contributed by atoms with van der Waals surface area (Å²) in [6, 6.07) is 15.3. The Balaban J connectivity index is 1.52. The normalized spacial score (nSPS) is 13.9. The lowest BCUT2D eigenvalue weighted by atomic mass is 10.1. The Morgan fingerprint density at radius 2 is 1.60 bits per heavy atom. The van der Waals surface area contributed by atoms with Gasteiger partial charge in [-0.3, -0.25) is 14.9 Å². The largest absolute Gasteiger partial charge is 0.368 e. The molecule has 7 heteroatoms. The van der Waals surface area contributed by atoms with Crippen LogP contribution in [0.2, 0.25) is 0 Å². The van der Waals surface area contributed by atoms with Crippen LogP contribution in [0.15, 0.2) is 48.5 Å². The van der Waals surface area contributed by atoms with E-state index in [1.807, 2.05) is 68.1 Å². The van der Waals surface area contributed by atoms with Gasteiger partial charge in [-0.05, 0) is 55.0 Å². The number of benzene rings is 2. The van der Waals surface area contributed by atoms with E-state index < -0.39 is 0 Å². The first-order chi connectivity index (χ1) is 14.3. The third-order valence-electron chi connectivity index (χ3n) is 5.19. The summed E-state index contributed by atoms with van der Waals surface area (Å²) >= 11 is 5.28. The minimum absolute atomic E-state index is 0.0389. The predicted molar refractivity (Wildman–Crippen MR) is 125 cm³/mol. The number of aryl methyl sites for hydroxylation is 1. The summed E-state index contributed by atoms with van der Waals surface area (Å²) in [5, 5.41) is 6.04. The maximum atomic E-state index is 12.4. The SMILES string of the molecule is Cc1ccccc1C(=O)NC(=S)Nc1ccc(N2CCN(C(=O)C(C)C)CC2)cc1. The van der Waals surface area contributed by atoms with Crippen molar-refractivity contribution in [3.8, 4) is 0 Å². The summed E-state index contributed by atoms with van der Waals surface area (Å²) in [7, 11) is 0. The number of anilines is 2. The molecule has 6 nitrogen and oxygen atoms in total. The fourth-order valence-electron chi connectivity index (χ4n) is 3.47. The molecule has 3 rings (SSSR count). The summed E-state index contributed by atoms with van der Waals surface area (Å²) in [5.41, 5.74) is 3.42. The van der Waals surface area contributed by atoms with Crippen LogP contribution in [0.25, 0.3) is 0 Å². The molecule has 2 aromatic rings. The molecule has 1 aliphatic heterocycles. The molecule has 1 saturated heterocycles. The molecule has 0 aromatic heterocycles. The Labute approximate surface area is 183 Å². The lowest BCUT2D eigenvalue weighted by Gasteiger charge is -2.37. The molecule has 158 valence electrons. The number of nitrogens with one attached hydrogen (secondary N) is 2. The van der Waals surface area contributed by atoms with Gasteiger partial charge in [0.05, 0.1) is 0 Å². The van der Waals surface area contributed by atoms with Crippen molar-refractivity contribution in [2.45, 2.75) is 20.8 Å². The van der Waals surface area contributed by atoms with Gasteiger partial charge in [0.2, 0.25) is 5.91 Å². The van der Waals surface area contributed by atoms with Crippen LogP contribution in [0.1, 0.15) is 29.8 Å². The molecule has 2 amide bonds. The number of thiocarbonyl (C=S) groups is 1. The number of hydrogen-bond donors (Lipinski definition) is 2. The van der Waals surface area contributed by atoms with Crippen molar-refractivity contribution < 1.29 is 9.59 Å². The van der Waals surface area contributed by atoms with E-state index in [4.69, 9.17) is 12.2 Å². The number of hydrogen-bond acceptors (Lipinski definition) is 4. The molecule has 30 heavy (non-hydrogen) atoms. The van der Waals surface area contributed by atoms with Gasteiger partial charge in [-0.2, -0.15) is 0 Å². The fraction of sp³-hybridized carbons (Fsp3) is 0.348. The average molecular weight is 425 g/mol. The van der Waals surface area contributed by atoms with E-state index in [9.17, 15) is 9.59 Å². The summed E-state index contributed by atoms with van der Waals surface area (Å²) in [4.78, 5) is 28.7. The molecular formula is C23H28N4O2S. The van der Waals surface area contributed by atoms with Gasteiger partial charge in [0.1, 0.15) is 0 Å². The highest BCUT2D eigenvalue weighted by Gasteiger charge is 2.22. The minimum Gasteiger partial charge on any atom is -0.368 e. The second-order valence-electron chi connectivity index (χ2n) is 7.74. The number of rotatable bonds is 4. The van der Waals surface area contributed by atoms with Crippen LogP contribution in [-0.4, -0.2) is 48.0 Å². The summed E-state index contributed by atoms with van der Waals surface area (Å²) in [6.45, 7) is 8.88. The second-order valence-corrected chi connectivity index (χ2v) is 8.15. The minimum atomic E-state index is -0.226. The predicted octanol–water partition coefficient (Wildman–Crippen LogP) is 3.43. The van der Waals surface area contributed by atoms with E-state index >= 15 is 0 Å². The number of amides is 2. The van der Waals surface area contributed by atoms with Gasteiger partial charge in [0.25, 0.3) is 5.91 Å². The van der Waals surface area contributed by atoms with Crippen LogP contribution in [0.4, 0.5) is 11.4 Å². The molecule has 1 fully saturated rings. The molecule has 2 N–H and O–H groups in total. The molecule has 0 saturated carbocycles. The van der Waals surface area contributed by atoms with E-state index in [0.717, 1.165) is 43.1 Å². The molecule has 0 bridgehead atoms. The van der Waals surface area contributed by atoms with Crippen molar-refractivity contribution >= 4 is 40.5 Å². The quantitative estimate of drug-likeness (QED) is 0.737. The van der Waals surface area contributed by atoms with Gasteiger partial charge in [0, 0.05) is 49.0 Å². The Morgan fingerprint density at radius 3 is 2.20 bits per heavy atom. The maximum absolute atomic E-state index is 12.4. The van der Waals surface area contributed by atoms with E-state index in [1.54, 1.807) is 6.07 Å². The molecule has 0 radical (unpaired) electrons. The summed E-state index contributed by atoms with van der Waals surface area (Å²) in [6.07, 6.45) is 0. The molecule has 0 aliphatic carbocycles. The van der Waals surface area contributed by atoms with Crippen LogP contribution in [0, 0.1) is 12.8 Å². The molecule has 1 aliphatic rings. The lowest BCUT2D eigenvalue weighted by Crippen LogP contribution is -2.49. The van der Waals surface area contributed by atoms with Gasteiger partial charge in [-0.15, -0.1) is 0 Å². The van der Waals surface area contributed by atoms with Crippen molar-refractivity contribution in [3.63, 3.8) is 0 Å². The van der Waals surface area contributed by atoms with Crippen molar-refractivity contribution in [2.24, 2.45) is 5.92 Å². The van der Waals surface area contributed by atoms with E-state index in [1.165, 1.54) is 0 Å². The van der Waals surface area contributed by atoms with E-state index in [2.05, 4.69) is 15.5 Å². The van der Waals surface area contributed by atoms with Gasteiger partial charge >= 0.3 is 0 Å². The zero-order chi connectivity index (χ0) is 21.7. The highest BCUT2D eigenvalue weighted by Crippen LogP contribution is 2.20. The summed E-state index contributed by atoms with van der Waals surface area (Å²) in [5.74, 6) is 0.0310. The van der Waals surface area contributed by atoms with Crippen molar-refractivity contribution in [1.82, 2.24) is 10.2 Å². The van der Waals surface area contributed by atoms with Gasteiger partial charge in [-0.1, -0.05) is 32.0 Å². The molecule has 0 atom stereocenters. The van der Waals surface area contributed by atoms with E-state index in [0.29, 0.717) is 5.56 Å². The molecule has 2 aromatic carbocycles. The van der Waals surface area contributed by atoms with Gasteiger partial charge in [0.15, 0.2) is 5.11 Å². The van der Waals surface area contributed by atoms with Crippen LogP contribution in [-0.2, 0) is 4.79 Å². The number of piperazine rings is 1. The van der Waals surface area contributed by atoms with Crippen molar-refractivity contribution in [3.05, 3.63) is 59.7 Å². The summed E-state index contributed by atoms with van der Waals surface area (Å²) < 4.78 is 0. The highest BCUT2D eigenvalue weighted by molar-refractivity contribution is 7.80. The van der Waals surface area contributed by atoms with Crippen LogP contribution in [0.5, 0.6) is 0 Å². The second kappa shape index (κ2) is 9.71. The average Bonchev–Trinajstić information content (AvgIpc) is 2.74. The third-order valence-corrected chi connectivity index (χ3v) is 5.40. The Bertz CT molecular complexity index is 919. The van der Waals surface area contributed by atoms with Gasteiger partial charge < -0.3 is 15.1 Å².